The van der Waals surface area contributed by atoms with Crippen molar-refractivity contribution >= 4 is 0 Å². The summed E-state index contributed by atoms with van der Waals surface area (Å²) in [6.45, 7) is 6.12. The van der Waals surface area contributed by atoms with Crippen LogP contribution in [-0.4, -0.2) is 26.9 Å². The van der Waals surface area contributed by atoms with Crippen LogP contribution in [-0.2, 0) is 4.74 Å². The van der Waals surface area contributed by atoms with E-state index in [1.165, 1.54) is 0 Å². The predicted molar refractivity (Wildman–Crippen MR) is 73.5 cm³/mol. The highest BCUT2D eigenvalue weighted by Gasteiger charge is 2.05. The van der Waals surface area contributed by atoms with E-state index in [2.05, 4.69) is 19.9 Å². The second-order valence-electron chi connectivity index (χ2n) is 4.62. The van der Waals surface area contributed by atoms with Gasteiger partial charge in [0, 0.05) is 12.7 Å². The summed E-state index contributed by atoms with van der Waals surface area (Å²) in [5.41, 5.74) is 0.553. The van der Waals surface area contributed by atoms with Crippen molar-refractivity contribution in [2.24, 2.45) is 5.92 Å². The van der Waals surface area contributed by atoms with Gasteiger partial charge >= 0.3 is 0 Å². The van der Waals surface area contributed by atoms with Crippen molar-refractivity contribution in [3.8, 4) is 17.6 Å². The van der Waals surface area contributed by atoms with Crippen LogP contribution in [0.25, 0.3) is 0 Å². The minimum Gasteiger partial charge on any atom is -0.493 e. The maximum absolute atomic E-state index is 8.80. The number of ether oxygens (including phenoxy) is 3. The first kappa shape index (κ1) is 15.3. The highest BCUT2D eigenvalue weighted by Crippen LogP contribution is 2.27. The van der Waals surface area contributed by atoms with Crippen LogP contribution in [0.1, 0.15) is 25.8 Å². The standard InChI is InChI=1S/C15H21NO3/c1-12(2)6-7-18-8-9-19-14-5-4-13(11-16)10-15(14)17-3/h4-5,10,12H,6-9H2,1-3H3. The van der Waals surface area contributed by atoms with Gasteiger partial charge < -0.3 is 14.2 Å². The number of hydrogen-bond donors (Lipinski definition) is 0. The highest BCUT2D eigenvalue weighted by atomic mass is 16.5. The van der Waals surface area contributed by atoms with Gasteiger partial charge in [0.05, 0.1) is 25.3 Å². The molecule has 4 heteroatoms. The summed E-state index contributed by atoms with van der Waals surface area (Å²) in [5.74, 6) is 1.86. The first-order valence-electron chi connectivity index (χ1n) is 6.46. The maximum atomic E-state index is 8.80. The Hall–Kier alpha value is -1.73. The number of nitrogens with zero attached hydrogens (tertiary/aromatic N) is 1. The van der Waals surface area contributed by atoms with Crippen LogP contribution in [0.15, 0.2) is 18.2 Å². The molecule has 0 aliphatic rings. The Labute approximate surface area is 114 Å². The molecule has 0 aliphatic carbocycles. The van der Waals surface area contributed by atoms with Gasteiger partial charge in [0.15, 0.2) is 11.5 Å². The van der Waals surface area contributed by atoms with Crippen LogP contribution in [0.5, 0.6) is 11.5 Å². The Balaban J connectivity index is 2.35. The lowest BCUT2D eigenvalue weighted by Gasteiger charge is -2.11. The monoisotopic (exact) mass is 263 g/mol. The normalized spacial score (nSPS) is 10.3. The molecule has 0 radical (unpaired) electrons. The third kappa shape index (κ3) is 5.62. The number of hydrogen-bond acceptors (Lipinski definition) is 4. The first-order valence-corrected chi connectivity index (χ1v) is 6.46. The van der Waals surface area contributed by atoms with E-state index in [9.17, 15) is 0 Å². The molecule has 0 spiro atoms. The number of nitriles is 1. The molecule has 0 N–H and O–H groups in total. The molecular formula is C15H21NO3. The molecule has 0 atom stereocenters. The van der Waals surface area contributed by atoms with Gasteiger partial charge in [-0.2, -0.15) is 5.26 Å². The third-order valence-electron chi connectivity index (χ3n) is 2.62. The second-order valence-corrected chi connectivity index (χ2v) is 4.62. The van der Waals surface area contributed by atoms with Gasteiger partial charge in [-0.3, -0.25) is 0 Å². The van der Waals surface area contributed by atoms with Gasteiger partial charge in [-0.05, 0) is 24.5 Å². The van der Waals surface area contributed by atoms with Crippen molar-refractivity contribution in [3.05, 3.63) is 23.8 Å². The Morgan fingerprint density at radius 1 is 1.16 bits per heavy atom. The lowest BCUT2D eigenvalue weighted by atomic mass is 10.1. The van der Waals surface area contributed by atoms with Gasteiger partial charge in [0.2, 0.25) is 0 Å². The molecule has 1 aromatic rings. The summed E-state index contributed by atoms with van der Waals surface area (Å²) in [5, 5.41) is 8.80. The molecule has 104 valence electrons. The fourth-order valence-electron chi connectivity index (χ4n) is 1.49. The van der Waals surface area contributed by atoms with Crippen molar-refractivity contribution in [1.82, 2.24) is 0 Å². The van der Waals surface area contributed by atoms with E-state index < -0.39 is 0 Å². The third-order valence-corrected chi connectivity index (χ3v) is 2.62. The van der Waals surface area contributed by atoms with E-state index in [0.29, 0.717) is 36.2 Å². The zero-order chi connectivity index (χ0) is 14.1. The van der Waals surface area contributed by atoms with E-state index in [1.54, 1.807) is 25.3 Å². The number of benzene rings is 1. The second kappa shape index (κ2) is 8.39. The zero-order valence-corrected chi connectivity index (χ0v) is 11.8. The van der Waals surface area contributed by atoms with Gasteiger partial charge in [-0.1, -0.05) is 13.8 Å². The minimum atomic E-state index is 0.473. The van der Waals surface area contributed by atoms with E-state index >= 15 is 0 Å². The topological polar surface area (TPSA) is 51.5 Å². The highest BCUT2D eigenvalue weighted by molar-refractivity contribution is 5.46. The Morgan fingerprint density at radius 2 is 1.95 bits per heavy atom. The summed E-state index contributed by atoms with van der Waals surface area (Å²) < 4.78 is 16.2. The zero-order valence-electron chi connectivity index (χ0n) is 11.8. The molecule has 0 amide bonds. The van der Waals surface area contributed by atoms with Crippen LogP contribution in [0.3, 0.4) is 0 Å². The summed E-state index contributed by atoms with van der Waals surface area (Å²) in [6, 6.07) is 7.17. The van der Waals surface area contributed by atoms with Crippen LogP contribution in [0.4, 0.5) is 0 Å². The fraction of sp³-hybridized carbons (Fsp3) is 0.533. The fourth-order valence-corrected chi connectivity index (χ4v) is 1.49. The van der Waals surface area contributed by atoms with E-state index in [4.69, 9.17) is 19.5 Å². The maximum Gasteiger partial charge on any atom is 0.162 e. The molecule has 0 aromatic heterocycles. The first-order chi connectivity index (χ1) is 9.17. The molecule has 19 heavy (non-hydrogen) atoms. The Morgan fingerprint density at radius 3 is 2.58 bits per heavy atom. The molecule has 0 unspecified atom stereocenters. The van der Waals surface area contributed by atoms with Gasteiger partial charge in [0.25, 0.3) is 0 Å². The molecule has 0 bridgehead atoms. The summed E-state index contributed by atoms with van der Waals surface area (Å²) in [7, 11) is 1.56. The van der Waals surface area contributed by atoms with Crippen LogP contribution < -0.4 is 9.47 Å². The largest absolute Gasteiger partial charge is 0.493 e. The smallest absolute Gasteiger partial charge is 0.162 e. The summed E-state index contributed by atoms with van der Waals surface area (Å²) in [4.78, 5) is 0. The van der Waals surface area contributed by atoms with Crippen molar-refractivity contribution in [2.45, 2.75) is 20.3 Å². The summed E-state index contributed by atoms with van der Waals surface area (Å²) >= 11 is 0. The average molecular weight is 263 g/mol. The molecule has 0 fully saturated rings. The molecule has 0 aliphatic heterocycles. The SMILES string of the molecule is COc1cc(C#N)ccc1OCCOCCC(C)C. The predicted octanol–water partition coefficient (Wildman–Crippen LogP) is 3.01. The molecule has 0 saturated carbocycles. The van der Waals surface area contributed by atoms with Gasteiger partial charge in [-0.25, -0.2) is 0 Å². The Kier molecular flexibility index (Phi) is 6.76. The average Bonchev–Trinajstić information content (AvgIpc) is 2.42. The molecule has 4 nitrogen and oxygen atoms in total. The number of rotatable bonds is 8. The lowest BCUT2D eigenvalue weighted by molar-refractivity contribution is 0.0916. The van der Waals surface area contributed by atoms with Crippen molar-refractivity contribution in [2.75, 3.05) is 26.9 Å². The van der Waals surface area contributed by atoms with Crippen molar-refractivity contribution in [3.63, 3.8) is 0 Å². The van der Waals surface area contributed by atoms with Crippen LogP contribution in [0, 0.1) is 17.2 Å². The number of methoxy groups -OCH3 is 1. The molecule has 1 rings (SSSR count). The van der Waals surface area contributed by atoms with Crippen molar-refractivity contribution in [1.29, 1.82) is 5.26 Å². The molecule has 0 heterocycles. The van der Waals surface area contributed by atoms with E-state index in [1.807, 2.05) is 0 Å². The quantitative estimate of drug-likeness (QED) is 0.676. The molecule has 1 aromatic carbocycles. The lowest BCUT2D eigenvalue weighted by Crippen LogP contribution is -2.09. The van der Waals surface area contributed by atoms with Crippen molar-refractivity contribution < 1.29 is 14.2 Å². The minimum absolute atomic E-state index is 0.473. The molecule has 0 saturated heterocycles. The van der Waals surface area contributed by atoms with Gasteiger partial charge in [0.1, 0.15) is 6.61 Å². The summed E-state index contributed by atoms with van der Waals surface area (Å²) in [6.07, 6.45) is 1.06. The molecular weight excluding hydrogens is 242 g/mol. The van der Waals surface area contributed by atoms with Crippen LogP contribution >= 0.6 is 0 Å². The van der Waals surface area contributed by atoms with E-state index in [-0.39, 0.29) is 0 Å². The van der Waals surface area contributed by atoms with Gasteiger partial charge in [-0.15, -0.1) is 0 Å². The van der Waals surface area contributed by atoms with E-state index in [0.717, 1.165) is 13.0 Å². The Bertz CT molecular complexity index is 424. The van der Waals surface area contributed by atoms with Crippen LogP contribution in [0.2, 0.25) is 0 Å².